The molecule has 1 N–H and O–H groups in total. The zero-order valence-electron chi connectivity index (χ0n) is 12.4. The lowest BCUT2D eigenvalue weighted by Crippen LogP contribution is -2.21. The Labute approximate surface area is 134 Å². The van der Waals surface area contributed by atoms with E-state index in [1.165, 1.54) is 0 Å². The first-order valence-electron chi connectivity index (χ1n) is 6.84. The van der Waals surface area contributed by atoms with Crippen molar-refractivity contribution >= 4 is 23.4 Å². The van der Waals surface area contributed by atoms with E-state index < -0.39 is 0 Å². The molecule has 0 saturated heterocycles. The number of rotatable bonds is 5. The van der Waals surface area contributed by atoms with Crippen LogP contribution in [0, 0.1) is 19.7 Å². The second-order valence-corrected chi connectivity index (χ2v) is 6.53. The maximum atomic E-state index is 14.3. The summed E-state index contributed by atoms with van der Waals surface area (Å²) in [5.41, 5.74) is 2.66. The molecule has 0 saturated carbocycles. The topological polar surface area (TPSA) is 12.0 Å². The average Bonchev–Trinajstić information content (AvgIpc) is 2.43. The summed E-state index contributed by atoms with van der Waals surface area (Å²) in [6.07, 6.45) is 0. The van der Waals surface area contributed by atoms with Crippen LogP contribution in [0.1, 0.15) is 22.7 Å². The second-order valence-electron chi connectivity index (χ2n) is 5.06. The monoisotopic (exact) mass is 323 g/mol. The molecular weight excluding hydrogens is 305 g/mol. The first-order chi connectivity index (χ1) is 10.0. The van der Waals surface area contributed by atoms with Crippen LogP contribution in [-0.2, 0) is 0 Å². The minimum atomic E-state index is -0.147. The minimum absolute atomic E-state index is 0.0492. The van der Waals surface area contributed by atoms with Gasteiger partial charge >= 0.3 is 0 Å². The fourth-order valence-electron chi connectivity index (χ4n) is 2.41. The molecule has 2 rings (SSSR count). The van der Waals surface area contributed by atoms with Gasteiger partial charge in [-0.15, -0.1) is 11.8 Å². The molecule has 0 radical (unpaired) electrons. The van der Waals surface area contributed by atoms with Crippen molar-refractivity contribution in [3.05, 3.63) is 63.9 Å². The molecular formula is C17H19ClFNS. The fourth-order valence-corrected chi connectivity index (χ4v) is 3.77. The molecule has 0 aromatic heterocycles. The van der Waals surface area contributed by atoms with Gasteiger partial charge in [0.1, 0.15) is 5.82 Å². The SMILES string of the molecule is CNC(CSc1ccccc1Cl)c1c(C)cc(C)cc1F. The van der Waals surface area contributed by atoms with E-state index in [9.17, 15) is 4.39 Å². The van der Waals surface area contributed by atoms with Gasteiger partial charge < -0.3 is 5.32 Å². The van der Waals surface area contributed by atoms with Crippen LogP contribution in [0.15, 0.2) is 41.3 Å². The van der Waals surface area contributed by atoms with Crippen LogP contribution in [0.2, 0.25) is 5.02 Å². The second kappa shape index (κ2) is 7.30. The van der Waals surface area contributed by atoms with Gasteiger partial charge in [0.25, 0.3) is 0 Å². The highest BCUT2D eigenvalue weighted by Crippen LogP contribution is 2.32. The number of thioether (sulfide) groups is 1. The van der Waals surface area contributed by atoms with Crippen LogP contribution < -0.4 is 5.32 Å². The summed E-state index contributed by atoms with van der Waals surface area (Å²) in [6, 6.07) is 11.3. The van der Waals surface area contributed by atoms with Crippen LogP contribution in [0.4, 0.5) is 4.39 Å². The predicted molar refractivity (Wildman–Crippen MR) is 89.9 cm³/mol. The standard InChI is InChI=1S/C17H19ClFNS/c1-11-8-12(2)17(14(19)9-11)15(20-3)10-21-16-7-5-4-6-13(16)18/h4-9,15,20H,10H2,1-3H3. The number of nitrogens with one attached hydrogen (secondary N) is 1. The van der Waals surface area contributed by atoms with Crippen molar-refractivity contribution in [3.63, 3.8) is 0 Å². The van der Waals surface area contributed by atoms with E-state index in [0.717, 1.165) is 32.4 Å². The van der Waals surface area contributed by atoms with E-state index in [1.54, 1.807) is 17.8 Å². The molecule has 2 aromatic carbocycles. The highest BCUT2D eigenvalue weighted by molar-refractivity contribution is 7.99. The maximum absolute atomic E-state index is 14.3. The molecule has 1 atom stereocenters. The molecule has 4 heteroatoms. The van der Waals surface area contributed by atoms with Gasteiger partial charge in [-0.1, -0.05) is 29.8 Å². The Morgan fingerprint density at radius 2 is 1.95 bits per heavy atom. The number of halogens is 2. The van der Waals surface area contributed by atoms with Gasteiger partial charge in [0.05, 0.1) is 5.02 Å². The molecule has 0 heterocycles. The number of aryl methyl sites for hydroxylation is 2. The van der Waals surface area contributed by atoms with E-state index in [0.29, 0.717) is 0 Å². The Balaban J connectivity index is 2.20. The van der Waals surface area contributed by atoms with Crippen molar-refractivity contribution < 1.29 is 4.39 Å². The molecule has 112 valence electrons. The molecule has 0 aliphatic heterocycles. The minimum Gasteiger partial charge on any atom is -0.312 e. The van der Waals surface area contributed by atoms with Gasteiger partial charge in [-0.25, -0.2) is 4.39 Å². The molecule has 21 heavy (non-hydrogen) atoms. The molecule has 0 fully saturated rings. The summed E-state index contributed by atoms with van der Waals surface area (Å²) in [4.78, 5) is 1.02. The zero-order valence-corrected chi connectivity index (χ0v) is 14.0. The first-order valence-corrected chi connectivity index (χ1v) is 8.20. The van der Waals surface area contributed by atoms with Crippen LogP contribution in [0.3, 0.4) is 0 Å². The Hall–Kier alpha value is -1.03. The smallest absolute Gasteiger partial charge is 0.128 e. The molecule has 1 nitrogen and oxygen atoms in total. The summed E-state index contributed by atoms with van der Waals surface area (Å²) in [5.74, 6) is 0.577. The van der Waals surface area contributed by atoms with Crippen LogP contribution >= 0.6 is 23.4 Å². The van der Waals surface area contributed by atoms with Crippen molar-refractivity contribution in [1.82, 2.24) is 5.32 Å². The van der Waals surface area contributed by atoms with E-state index in [-0.39, 0.29) is 11.9 Å². The Morgan fingerprint density at radius 1 is 1.24 bits per heavy atom. The van der Waals surface area contributed by atoms with Crippen molar-refractivity contribution in [2.24, 2.45) is 0 Å². The van der Waals surface area contributed by atoms with E-state index >= 15 is 0 Å². The predicted octanol–water partition coefficient (Wildman–Crippen LogP) is 5.15. The lowest BCUT2D eigenvalue weighted by molar-refractivity contribution is 0.561. The Morgan fingerprint density at radius 3 is 2.57 bits per heavy atom. The van der Waals surface area contributed by atoms with Gasteiger partial charge in [0, 0.05) is 22.3 Å². The van der Waals surface area contributed by atoms with Gasteiger partial charge in [-0.3, -0.25) is 0 Å². The molecule has 0 spiro atoms. The molecule has 0 bridgehead atoms. The lowest BCUT2D eigenvalue weighted by Gasteiger charge is -2.20. The largest absolute Gasteiger partial charge is 0.312 e. The molecule has 0 aliphatic rings. The van der Waals surface area contributed by atoms with E-state index in [2.05, 4.69) is 5.32 Å². The molecule has 1 unspecified atom stereocenters. The van der Waals surface area contributed by atoms with Gasteiger partial charge in [0.15, 0.2) is 0 Å². The molecule has 0 aliphatic carbocycles. The van der Waals surface area contributed by atoms with Gasteiger partial charge in [0.2, 0.25) is 0 Å². The normalized spacial score (nSPS) is 12.4. The third kappa shape index (κ3) is 4.00. The summed E-state index contributed by atoms with van der Waals surface area (Å²) in [6.45, 7) is 3.86. The first kappa shape index (κ1) is 16.3. The lowest BCUT2D eigenvalue weighted by atomic mass is 9.99. The van der Waals surface area contributed by atoms with Crippen molar-refractivity contribution in [2.75, 3.05) is 12.8 Å². The maximum Gasteiger partial charge on any atom is 0.128 e. The zero-order chi connectivity index (χ0) is 15.4. The van der Waals surface area contributed by atoms with Gasteiger partial charge in [-0.2, -0.15) is 0 Å². The highest BCUT2D eigenvalue weighted by atomic mass is 35.5. The summed E-state index contributed by atoms with van der Waals surface area (Å²) in [5, 5.41) is 3.94. The van der Waals surface area contributed by atoms with Crippen LogP contribution in [-0.4, -0.2) is 12.8 Å². The molecule has 0 amide bonds. The summed E-state index contributed by atoms with van der Waals surface area (Å²) >= 11 is 7.80. The quantitative estimate of drug-likeness (QED) is 0.764. The molecule has 2 aromatic rings. The summed E-state index contributed by atoms with van der Waals surface area (Å²) < 4.78 is 14.3. The van der Waals surface area contributed by atoms with E-state index in [1.807, 2.05) is 51.2 Å². The number of benzene rings is 2. The number of hydrogen-bond donors (Lipinski definition) is 1. The Kier molecular flexibility index (Phi) is 5.68. The fraction of sp³-hybridized carbons (Fsp3) is 0.294. The van der Waals surface area contributed by atoms with Crippen molar-refractivity contribution in [2.45, 2.75) is 24.8 Å². The Bertz CT molecular complexity index is 607. The van der Waals surface area contributed by atoms with E-state index in [4.69, 9.17) is 11.6 Å². The van der Waals surface area contributed by atoms with Crippen molar-refractivity contribution in [3.8, 4) is 0 Å². The number of hydrogen-bond acceptors (Lipinski definition) is 2. The highest BCUT2D eigenvalue weighted by Gasteiger charge is 2.17. The third-order valence-corrected chi connectivity index (χ3v) is 5.03. The van der Waals surface area contributed by atoms with Crippen molar-refractivity contribution in [1.29, 1.82) is 0 Å². The average molecular weight is 324 g/mol. The van der Waals surface area contributed by atoms with Crippen LogP contribution in [0.25, 0.3) is 0 Å². The third-order valence-electron chi connectivity index (χ3n) is 3.42. The summed E-state index contributed by atoms with van der Waals surface area (Å²) in [7, 11) is 1.86. The van der Waals surface area contributed by atoms with Crippen LogP contribution in [0.5, 0.6) is 0 Å². The van der Waals surface area contributed by atoms with Gasteiger partial charge in [-0.05, 0) is 50.2 Å².